The number of rotatable bonds is 47. The van der Waals surface area contributed by atoms with Crippen molar-refractivity contribution in [3.8, 4) is 0 Å². The molecule has 0 aliphatic carbocycles. The Morgan fingerprint density at radius 2 is 0.842 bits per heavy atom. The average molecular weight is 1830 g/mol. The predicted octanol–water partition coefficient (Wildman–Crippen LogP) is 16.4. The number of hydrogen-bond acceptors (Lipinski definition) is 18. The summed E-state index contributed by atoms with van der Waals surface area (Å²) in [6.45, 7) is 33.6. The zero-order chi connectivity index (χ0) is 89.8. The van der Waals surface area contributed by atoms with Crippen LogP contribution in [0.25, 0.3) is 0 Å². The van der Waals surface area contributed by atoms with Gasteiger partial charge in [-0.1, -0.05) is 130 Å². The number of hydrogen-bond donors (Lipinski definition) is 6. The Kier molecular flexibility index (Phi) is 59.0. The number of ether oxygens (including phenoxy) is 2. The third-order valence-corrected chi connectivity index (χ3v) is 37.7. The molecule has 2 aromatic carbocycles. The third-order valence-electron chi connectivity index (χ3n) is 18.7. The number of pyridine rings is 4. The second-order valence-electron chi connectivity index (χ2n) is 34.3. The molecule has 1 aliphatic heterocycles. The van der Waals surface area contributed by atoms with Crippen LogP contribution in [-0.4, -0.2) is 233 Å². The lowest BCUT2D eigenvalue weighted by molar-refractivity contribution is -0.121. The maximum atomic E-state index is 11.9. The predicted molar refractivity (Wildman–Crippen MR) is 518 cm³/mol. The van der Waals surface area contributed by atoms with Gasteiger partial charge in [-0.2, -0.15) is 0 Å². The monoisotopic (exact) mass is 1830 g/mol. The van der Waals surface area contributed by atoms with Gasteiger partial charge in [0.15, 0.2) is 34.8 Å². The molecule has 120 heavy (non-hydrogen) atoms. The van der Waals surface area contributed by atoms with Gasteiger partial charge in [0.25, 0.3) is 0 Å². The van der Waals surface area contributed by atoms with Crippen LogP contribution >= 0.6 is 20.6 Å². The first kappa shape index (κ1) is 112. The van der Waals surface area contributed by atoms with Gasteiger partial charge in [0.2, 0.25) is 11.8 Å². The first-order valence-electron chi connectivity index (χ1n) is 41.7. The number of carbonyl (C=O) groups excluding carboxylic acids is 4. The van der Waals surface area contributed by atoms with Crippen LogP contribution in [0.1, 0.15) is 78.7 Å². The van der Waals surface area contributed by atoms with E-state index in [1.54, 1.807) is 77.6 Å². The minimum Gasteiger partial charge on any atom is -0.420 e. The lowest BCUT2D eigenvalue weighted by atomic mass is 10.1. The van der Waals surface area contributed by atoms with Crippen molar-refractivity contribution in [2.45, 2.75) is 197 Å². The fourth-order valence-corrected chi connectivity index (χ4v) is 21.6. The van der Waals surface area contributed by atoms with E-state index in [9.17, 15) is 31.8 Å². The molecule has 33 heteroatoms. The molecule has 2 atom stereocenters. The fraction of sp³-hybridized carbons (Fsp3) is 0.586. The minimum atomic E-state index is -3.06. The van der Waals surface area contributed by atoms with Crippen LogP contribution < -0.4 is 31.9 Å². The number of urea groups is 2. The summed E-state index contributed by atoms with van der Waals surface area (Å²) in [5, 5.41) is 17.3. The van der Waals surface area contributed by atoms with Crippen LogP contribution in [0.4, 0.5) is 9.59 Å². The molecule has 24 nitrogen and oxygen atoms in total. The normalized spacial score (nSPS) is 13.2. The molecule has 7 rings (SSSR count). The SMILES string of the molecule is COS(C)(C)CCCNC(=O)Cc1ccccc1.COS(C)(C)CCCNC(=O)Cc1ccncc1.CO[Si](C)(C)CCCOCC1CO1.CO[Si](C)(C)CCCS(=O)(=O)Cc1ccccn1.CO[Si](C)(C)CCCS(=O)Cc1ccccn1.C[Si](C)(C)CCCNC(=O)NCc1ccccc1.C[Si](C)(C)CCCNC(=O)NCc1ccccn1. The molecule has 1 saturated heterocycles. The highest BCUT2D eigenvalue weighted by Crippen LogP contribution is 2.41. The van der Waals surface area contributed by atoms with Crippen LogP contribution in [0.2, 0.25) is 109 Å². The van der Waals surface area contributed by atoms with Gasteiger partial charge in [0, 0.05) is 150 Å². The molecule has 6 amide bonds. The Bertz CT molecular complexity index is 3630. The molecular weight excluding hydrogens is 1680 g/mol. The third kappa shape index (κ3) is 67.6. The summed E-state index contributed by atoms with van der Waals surface area (Å²) in [6, 6.07) is 45.6. The summed E-state index contributed by atoms with van der Waals surface area (Å²) in [4.78, 5) is 62.6. The molecule has 4 aromatic heterocycles. The Labute approximate surface area is 734 Å². The summed E-state index contributed by atoms with van der Waals surface area (Å²) in [6.07, 6.45) is 25.1. The number of benzene rings is 2. The summed E-state index contributed by atoms with van der Waals surface area (Å²) in [5.41, 5.74) is 5.56. The molecule has 0 spiro atoms. The molecule has 0 bridgehead atoms. The molecule has 6 aromatic rings. The molecule has 1 aliphatic rings. The smallest absolute Gasteiger partial charge is 0.315 e. The number of epoxide rings is 1. The van der Waals surface area contributed by atoms with Gasteiger partial charge < -0.3 is 63.0 Å². The van der Waals surface area contributed by atoms with E-state index in [2.05, 4.69) is 155 Å². The van der Waals surface area contributed by atoms with Crippen molar-refractivity contribution in [3.63, 3.8) is 0 Å². The van der Waals surface area contributed by atoms with Crippen LogP contribution in [0.3, 0.4) is 0 Å². The standard InChI is InChI=1S/C14H24N2OSi.C14H23NO2S.C13H23N3OSi.C13H22N2O2S.C12H21NO3SSi.C12H21NO2SSi.C9H20O3Si/c1-18(2,3)11-7-10-15-14(17)16-12-13-8-5-4-6-9-13;1-17-18(2,3)11-7-10-15-14(16)12-13-8-5-4-6-9-13;1-18(2,3)10-6-9-15-13(17)16-11-12-7-4-5-8-14-12;1-17-18(2,3)10-4-7-15-13(16)11-12-5-8-14-9-6-12;1-16-18(2,3)10-6-9-17(14,15)11-12-7-4-5-8-13-12;1-15-17(2,3)10-6-9-16(14)11-12-7-4-5-8-13-12;1-10-13(2,3)6-4-5-11-7-9-8-12-9/h4-6,8-9H,7,10-12H2,1-3H3,(H2,15,16,17);4-6,8-9H,7,10-12H2,1-3H3,(H,15,16);4-5,7-8H,6,9-11H2,1-3H3,(H2,15,16,17);5-6,8-9H,4,7,10-11H2,1-3H3,(H,15,16);4-5,7-8H,6,9-11H2,1-3H3;4-5,7-8H,6,9-11H2,1-3H3;9H,4-8H2,1-3H3. The van der Waals surface area contributed by atoms with Gasteiger partial charge in [0.05, 0.1) is 66.9 Å². The van der Waals surface area contributed by atoms with Gasteiger partial charge in [-0.05, 0) is 193 Å². The Hall–Kier alpha value is -5.88. The van der Waals surface area contributed by atoms with Crippen LogP contribution in [0.5, 0.6) is 0 Å². The molecule has 680 valence electrons. The van der Waals surface area contributed by atoms with Crippen molar-refractivity contribution < 1.29 is 62.9 Å². The lowest BCUT2D eigenvalue weighted by Gasteiger charge is -2.28. The van der Waals surface area contributed by atoms with Gasteiger partial charge in [-0.3, -0.25) is 33.7 Å². The minimum absolute atomic E-state index is 0.0306. The molecule has 0 saturated carbocycles. The highest BCUT2D eigenvalue weighted by atomic mass is 32.3. The van der Waals surface area contributed by atoms with E-state index in [4.69, 9.17) is 31.1 Å². The largest absolute Gasteiger partial charge is 0.420 e. The summed E-state index contributed by atoms with van der Waals surface area (Å²) in [7, 11) is -3.38. The van der Waals surface area contributed by atoms with Gasteiger partial charge in [0.1, 0.15) is 6.10 Å². The van der Waals surface area contributed by atoms with Crippen LogP contribution in [0.15, 0.2) is 158 Å². The van der Waals surface area contributed by atoms with Crippen LogP contribution in [0, 0.1) is 0 Å². The number of amides is 6. The Morgan fingerprint density at radius 1 is 0.442 bits per heavy atom. The summed E-state index contributed by atoms with van der Waals surface area (Å²) >= 11 is 0. The van der Waals surface area contributed by atoms with Gasteiger partial charge >= 0.3 is 12.1 Å². The molecule has 1 fully saturated rings. The van der Waals surface area contributed by atoms with Gasteiger partial charge in [-0.25, -0.2) is 18.0 Å². The van der Waals surface area contributed by atoms with E-state index in [0.29, 0.717) is 56.4 Å². The number of nitrogens with zero attached hydrogens (tertiary/aromatic N) is 4. The summed E-state index contributed by atoms with van der Waals surface area (Å²) < 4.78 is 73.2. The number of nitrogens with one attached hydrogen (secondary N) is 6. The van der Waals surface area contributed by atoms with Crippen molar-refractivity contribution in [1.82, 2.24) is 51.8 Å². The van der Waals surface area contributed by atoms with Crippen molar-refractivity contribution in [3.05, 3.63) is 192 Å². The van der Waals surface area contributed by atoms with E-state index < -0.39 is 82.4 Å². The lowest BCUT2D eigenvalue weighted by Crippen LogP contribution is -2.36. The molecular formula is C87H154N10O14S4Si5. The van der Waals surface area contributed by atoms with Crippen molar-refractivity contribution in [2.75, 3.05) is 130 Å². The Balaban J connectivity index is 0.000000701. The van der Waals surface area contributed by atoms with Crippen molar-refractivity contribution >= 4 is 106 Å². The van der Waals surface area contributed by atoms with Crippen LogP contribution in [-0.2, 0) is 98.8 Å². The zero-order valence-electron chi connectivity index (χ0n) is 76.7. The highest BCUT2D eigenvalue weighted by Gasteiger charge is 2.25. The number of carbonyl (C=O) groups is 4. The molecule has 5 heterocycles. The number of aromatic nitrogens is 4. The van der Waals surface area contributed by atoms with Crippen molar-refractivity contribution in [1.29, 1.82) is 0 Å². The Morgan fingerprint density at radius 3 is 1.27 bits per heavy atom. The quantitative estimate of drug-likeness (QED) is 0.0117. The zero-order valence-corrected chi connectivity index (χ0v) is 85.0. The second kappa shape index (κ2) is 63.1. The fourth-order valence-electron chi connectivity index (χ4n) is 10.4. The topological polar surface area (TPSA) is 311 Å². The van der Waals surface area contributed by atoms with E-state index in [1.807, 2.05) is 116 Å². The van der Waals surface area contributed by atoms with E-state index in [1.165, 1.54) is 18.1 Å². The van der Waals surface area contributed by atoms with E-state index in [-0.39, 0.29) is 35.4 Å². The maximum Gasteiger partial charge on any atom is 0.315 e. The molecule has 0 radical (unpaired) electrons. The summed E-state index contributed by atoms with van der Waals surface area (Å²) in [5.74, 6) is 3.74. The average Bonchev–Trinajstić information content (AvgIpc) is 1.70. The molecule has 2 unspecified atom stereocenters. The van der Waals surface area contributed by atoms with Gasteiger partial charge in [-0.15, -0.1) is 20.6 Å². The first-order valence-corrected chi connectivity index (χ1v) is 66.9. The first-order chi connectivity index (χ1) is 56.5. The van der Waals surface area contributed by atoms with E-state index >= 15 is 0 Å². The maximum absolute atomic E-state index is 11.9. The second-order valence-corrected chi connectivity index (χ2v) is 69.8. The van der Waals surface area contributed by atoms with E-state index in [0.717, 1.165) is 135 Å². The number of sulfone groups is 1. The highest BCUT2D eigenvalue weighted by molar-refractivity contribution is 8.29. The van der Waals surface area contributed by atoms with Crippen molar-refractivity contribution in [2.24, 2.45) is 0 Å². The molecule has 6 N–H and O–H groups in total.